The zero-order valence-electron chi connectivity index (χ0n) is 13.4. The molecule has 0 unspecified atom stereocenters. The molecule has 1 heterocycles. The molecule has 1 amide bonds. The fourth-order valence-corrected chi connectivity index (χ4v) is 3.13. The van der Waals surface area contributed by atoms with Gasteiger partial charge in [-0.3, -0.25) is 4.79 Å². The van der Waals surface area contributed by atoms with E-state index < -0.39 is 0 Å². The topological polar surface area (TPSA) is 32.8 Å². The molecule has 0 radical (unpaired) electrons. The number of amides is 1. The summed E-state index contributed by atoms with van der Waals surface area (Å²) >= 11 is 5.81. The highest BCUT2D eigenvalue weighted by Crippen LogP contribution is 2.21. The third-order valence-corrected chi connectivity index (χ3v) is 4.62. The molecule has 0 bridgehead atoms. The fraction of sp³-hybridized carbons (Fsp3) is 0.588. The first-order valence-corrected chi connectivity index (χ1v) is 8.42. The summed E-state index contributed by atoms with van der Waals surface area (Å²) < 4.78 is 5.18. The summed E-state index contributed by atoms with van der Waals surface area (Å²) in [7, 11) is 1.65. The fourth-order valence-electron chi connectivity index (χ4n) is 2.97. The number of hydrogen-bond acceptors (Lipinski definition) is 3. The number of hydrogen-bond donors (Lipinski definition) is 0. The van der Waals surface area contributed by atoms with Crippen molar-refractivity contribution in [2.24, 2.45) is 0 Å². The second-order valence-electron chi connectivity index (χ2n) is 5.67. The minimum absolute atomic E-state index is 0.0208. The summed E-state index contributed by atoms with van der Waals surface area (Å²) in [5.74, 6) is 0.895. The van der Waals surface area contributed by atoms with Crippen LogP contribution >= 0.6 is 11.6 Å². The number of halogens is 1. The van der Waals surface area contributed by atoms with E-state index >= 15 is 0 Å². The van der Waals surface area contributed by atoms with E-state index in [1.54, 1.807) is 7.11 Å². The molecule has 122 valence electrons. The van der Waals surface area contributed by atoms with Crippen LogP contribution in [-0.4, -0.2) is 54.4 Å². The second-order valence-corrected chi connectivity index (χ2v) is 5.94. The van der Waals surface area contributed by atoms with Crippen LogP contribution in [0.25, 0.3) is 0 Å². The van der Waals surface area contributed by atoms with Gasteiger partial charge in [0.05, 0.1) is 7.11 Å². The number of methoxy groups -OCH3 is 1. The van der Waals surface area contributed by atoms with Crippen molar-refractivity contribution in [3.05, 3.63) is 29.8 Å². The molecule has 1 aliphatic rings. The van der Waals surface area contributed by atoms with E-state index in [2.05, 4.69) is 11.8 Å². The summed E-state index contributed by atoms with van der Waals surface area (Å²) in [5, 5.41) is 0. The third kappa shape index (κ3) is 4.37. The van der Waals surface area contributed by atoms with Crippen molar-refractivity contribution in [3.8, 4) is 5.75 Å². The van der Waals surface area contributed by atoms with Crippen LogP contribution in [0.4, 0.5) is 0 Å². The number of benzene rings is 1. The summed E-state index contributed by atoms with van der Waals surface area (Å²) in [6, 6.07) is 8.16. The van der Waals surface area contributed by atoms with Crippen LogP contribution in [0.15, 0.2) is 24.3 Å². The van der Waals surface area contributed by atoms with Crippen LogP contribution in [0, 0.1) is 0 Å². The van der Waals surface area contributed by atoms with Crippen LogP contribution in [0.2, 0.25) is 0 Å². The molecule has 0 aromatic heterocycles. The highest BCUT2D eigenvalue weighted by molar-refractivity contribution is 6.27. The van der Waals surface area contributed by atoms with Gasteiger partial charge in [-0.2, -0.15) is 0 Å². The van der Waals surface area contributed by atoms with Crippen LogP contribution in [-0.2, 0) is 11.3 Å². The number of ether oxygens (including phenoxy) is 1. The van der Waals surface area contributed by atoms with E-state index in [0.29, 0.717) is 6.54 Å². The Balaban J connectivity index is 2.04. The molecule has 4 nitrogen and oxygen atoms in total. The van der Waals surface area contributed by atoms with Crippen molar-refractivity contribution in [1.82, 2.24) is 9.80 Å². The van der Waals surface area contributed by atoms with Crippen molar-refractivity contribution in [2.75, 3.05) is 32.6 Å². The molecule has 1 aliphatic heterocycles. The van der Waals surface area contributed by atoms with Gasteiger partial charge in [0.1, 0.15) is 11.6 Å². The summed E-state index contributed by atoms with van der Waals surface area (Å²) in [5.41, 5.74) is 1.11. The van der Waals surface area contributed by atoms with E-state index in [4.69, 9.17) is 16.3 Å². The van der Waals surface area contributed by atoms with Crippen molar-refractivity contribution >= 4 is 17.5 Å². The first-order chi connectivity index (χ1) is 10.7. The number of nitrogens with zero attached hydrogens (tertiary/aromatic N) is 2. The molecule has 0 aliphatic carbocycles. The molecule has 1 saturated heterocycles. The van der Waals surface area contributed by atoms with E-state index in [0.717, 1.165) is 43.8 Å². The Morgan fingerprint density at radius 3 is 2.45 bits per heavy atom. The second kappa shape index (κ2) is 8.39. The summed E-state index contributed by atoms with van der Waals surface area (Å²) in [6.45, 7) is 5.98. The SMILES string of the molecule is CCN1CCC(N(Cc2ccc(OC)cc2)C(=O)CCl)CC1. The van der Waals surface area contributed by atoms with Crippen molar-refractivity contribution in [3.63, 3.8) is 0 Å². The smallest absolute Gasteiger partial charge is 0.238 e. The third-order valence-electron chi connectivity index (χ3n) is 4.39. The maximum absolute atomic E-state index is 12.2. The van der Waals surface area contributed by atoms with Crippen molar-refractivity contribution < 1.29 is 9.53 Å². The first-order valence-electron chi connectivity index (χ1n) is 7.88. The minimum Gasteiger partial charge on any atom is -0.497 e. The Bertz CT molecular complexity index is 470. The van der Waals surface area contributed by atoms with Gasteiger partial charge in [0, 0.05) is 25.7 Å². The molecular formula is C17H25ClN2O2. The van der Waals surface area contributed by atoms with Crippen LogP contribution in [0.1, 0.15) is 25.3 Å². The molecule has 1 aromatic rings. The number of piperidine rings is 1. The summed E-state index contributed by atoms with van der Waals surface area (Å²) in [4.78, 5) is 16.6. The highest BCUT2D eigenvalue weighted by Gasteiger charge is 2.27. The molecule has 5 heteroatoms. The molecule has 1 fully saturated rings. The predicted molar refractivity (Wildman–Crippen MR) is 89.4 cm³/mol. The minimum atomic E-state index is 0.0208. The molecule has 0 atom stereocenters. The van der Waals surface area contributed by atoms with Gasteiger partial charge in [-0.1, -0.05) is 19.1 Å². The Morgan fingerprint density at radius 1 is 1.32 bits per heavy atom. The van der Waals surface area contributed by atoms with Gasteiger partial charge in [-0.05, 0) is 37.1 Å². The Morgan fingerprint density at radius 2 is 1.95 bits per heavy atom. The lowest BCUT2D eigenvalue weighted by Crippen LogP contribution is -2.47. The first kappa shape index (κ1) is 17.1. The largest absolute Gasteiger partial charge is 0.497 e. The lowest BCUT2D eigenvalue weighted by Gasteiger charge is -2.38. The highest BCUT2D eigenvalue weighted by atomic mass is 35.5. The van der Waals surface area contributed by atoms with Gasteiger partial charge in [0.2, 0.25) is 5.91 Å². The van der Waals surface area contributed by atoms with Gasteiger partial charge >= 0.3 is 0 Å². The van der Waals surface area contributed by atoms with E-state index in [9.17, 15) is 4.79 Å². The molecule has 22 heavy (non-hydrogen) atoms. The lowest BCUT2D eigenvalue weighted by atomic mass is 10.0. The molecule has 0 N–H and O–H groups in total. The predicted octanol–water partition coefficient (Wildman–Crippen LogP) is 2.75. The molecular weight excluding hydrogens is 300 g/mol. The number of rotatable bonds is 6. The van der Waals surface area contributed by atoms with Gasteiger partial charge in [0.15, 0.2) is 0 Å². The maximum Gasteiger partial charge on any atom is 0.238 e. The molecule has 0 saturated carbocycles. The number of alkyl halides is 1. The maximum atomic E-state index is 12.2. The zero-order chi connectivity index (χ0) is 15.9. The molecule has 2 rings (SSSR count). The van der Waals surface area contributed by atoms with Crippen LogP contribution < -0.4 is 4.74 Å². The monoisotopic (exact) mass is 324 g/mol. The van der Waals surface area contributed by atoms with Crippen LogP contribution in [0.3, 0.4) is 0 Å². The zero-order valence-corrected chi connectivity index (χ0v) is 14.2. The Kier molecular flexibility index (Phi) is 6.52. The average molecular weight is 325 g/mol. The lowest BCUT2D eigenvalue weighted by molar-refractivity contribution is -0.132. The Hall–Kier alpha value is -1.26. The van der Waals surface area contributed by atoms with E-state index in [-0.39, 0.29) is 17.8 Å². The molecule has 1 aromatic carbocycles. The quantitative estimate of drug-likeness (QED) is 0.754. The number of carbonyl (C=O) groups excluding carboxylic acids is 1. The number of likely N-dealkylation sites (tertiary alicyclic amines) is 1. The number of carbonyl (C=O) groups is 1. The normalized spacial score (nSPS) is 16.5. The van der Waals surface area contributed by atoms with E-state index in [1.807, 2.05) is 29.2 Å². The average Bonchev–Trinajstić information content (AvgIpc) is 2.59. The summed E-state index contributed by atoms with van der Waals surface area (Å²) in [6.07, 6.45) is 2.04. The standard InChI is InChI=1S/C17H25ClN2O2/c1-3-19-10-8-15(9-11-19)20(17(21)12-18)13-14-4-6-16(22-2)7-5-14/h4-7,15H,3,8-13H2,1-2H3. The van der Waals surface area contributed by atoms with Gasteiger partial charge in [-0.15, -0.1) is 11.6 Å². The van der Waals surface area contributed by atoms with Gasteiger partial charge in [-0.25, -0.2) is 0 Å². The van der Waals surface area contributed by atoms with Crippen molar-refractivity contribution in [2.45, 2.75) is 32.4 Å². The van der Waals surface area contributed by atoms with Gasteiger partial charge < -0.3 is 14.5 Å². The molecule has 0 spiro atoms. The van der Waals surface area contributed by atoms with Crippen LogP contribution in [0.5, 0.6) is 5.75 Å². The van der Waals surface area contributed by atoms with Gasteiger partial charge in [0.25, 0.3) is 0 Å². The Labute approximate surface area is 138 Å². The van der Waals surface area contributed by atoms with E-state index in [1.165, 1.54) is 0 Å². The van der Waals surface area contributed by atoms with Crippen molar-refractivity contribution in [1.29, 1.82) is 0 Å².